The zero-order chi connectivity index (χ0) is 18.6. The van der Waals surface area contributed by atoms with Crippen LogP contribution < -0.4 is 17.0 Å². The SMILES string of the molecule is CC[C@H](C)n1c(C)c(C)n2c3c(=O)n(CC(N)=O)c(=O)n(C)c3nc12. The molecule has 9 nitrogen and oxygen atoms in total. The fraction of sp³-hybridized carbons (Fsp3) is 0.500. The van der Waals surface area contributed by atoms with Crippen molar-refractivity contribution >= 4 is 22.8 Å². The van der Waals surface area contributed by atoms with Gasteiger partial charge in [0.05, 0.1) is 0 Å². The Bertz CT molecular complexity index is 1130. The van der Waals surface area contributed by atoms with Gasteiger partial charge in [-0.1, -0.05) is 6.92 Å². The van der Waals surface area contributed by atoms with Crippen LogP contribution in [0.25, 0.3) is 16.9 Å². The van der Waals surface area contributed by atoms with E-state index in [-0.39, 0.29) is 11.6 Å². The maximum atomic E-state index is 12.9. The molecular formula is C16H22N6O3. The molecule has 0 aliphatic carbocycles. The highest BCUT2D eigenvalue weighted by Crippen LogP contribution is 2.25. The lowest BCUT2D eigenvalue weighted by molar-refractivity contribution is -0.118. The van der Waals surface area contributed by atoms with Gasteiger partial charge in [-0.15, -0.1) is 0 Å². The fourth-order valence-corrected chi connectivity index (χ4v) is 3.28. The van der Waals surface area contributed by atoms with E-state index in [4.69, 9.17) is 5.73 Å². The summed E-state index contributed by atoms with van der Waals surface area (Å²) in [6.45, 7) is 7.58. The molecule has 3 heterocycles. The Hall–Kier alpha value is -2.84. The van der Waals surface area contributed by atoms with Gasteiger partial charge in [-0.2, -0.15) is 4.98 Å². The van der Waals surface area contributed by atoms with Gasteiger partial charge >= 0.3 is 5.69 Å². The number of imidazole rings is 2. The molecule has 0 radical (unpaired) electrons. The highest BCUT2D eigenvalue weighted by atomic mass is 16.2. The maximum Gasteiger partial charge on any atom is 0.332 e. The Morgan fingerprint density at radius 3 is 2.44 bits per heavy atom. The summed E-state index contributed by atoms with van der Waals surface area (Å²) in [5.74, 6) is -0.132. The van der Waals surface area contributed by atoms with Crippen LogP contribution in [0, 0.1) is 13.8 Å². The van der Waals surface area contributed by atoms with Crippen LogP contribution in [-0.4, -0.2) is 29.0 Å². The van der Waals surface area contributed by atoms with Gasteiger partial charge in [-0.3, -0.25) is 18.6 Å². The van der Waals surface area contributed by atoms with Crippen molar-refractivity contribution < 1.29 is 4.79 Å². The lowest BCUT2D eigenvalue weighted by atomic mass is 10.2. The van der Waals surface area contributed by atoms with Crippen LogP contribution in [0.3, 0.4) is 0 Å². The van der Waals surface area contributed by atoms with Crippen LogP contribution in [-0.2, 0) is 18.4 Å². The molecule has 134 valence electrons. The Kier molecular flexibility index (Phi) is 3.81. The Morgan fingerprint density at radius 2 is 1.88 bits per heavy atom. The third-order valence-corrected chi connectivity index (χ3v) is 4.91. The Morgan fingerprint density at radius 1 is 1.24 bits per heavy atom. The predicted octanol–water partition coefficient (Wildman–Crippen LogP) is 0.223. The molecule has 0 fully saturated rings. The molecule has 2 N–H and O–H groups in total. The smallest absolute Gasteiger partial charge is 0.332 e. The van der Waals surface area contributed by atoms with Gasteiger partial charge in [0.2, 0.25) is 11.7 Å². The summed E-state index contributed by atoms with van der Waals surface area (Å²) >= 11 is 0. The molecule has 0 unspecified atom stereocenters. The van der Waals surface area contributed by atoms with Gasteiger partial charge in [-0.05, 0) is 27.2 Å². The number of hydrogen-bond donors (Lipinski definition) is 1. The summed E-state index contributed by atoms with van der Waals surface area (Å²) in [6, 6.07) is 0.192. The molecule has 1 amide bonds. The summed E-state index contributed by atoms with van der Waals surface area (Å²) in [4.78, 5) is 41.2. The number of aryl methyl sites for hydroxylation is 2. The normalized spacial score (nSPS) is 13.0. The van der Waals surface area contributed by atoms with Gasteiger partial charge in [0.1, 0.15) is 6.54 Å². The molecule has 0 spiro atoms. The number of carbonyl (C=O) groups excluding carboxylic acids is 1. The molecule has 3 aromatic rings. The first-order valence-corrected chi connectivity index (χ1v) is 8.18. The number of fused-ring (bicyclic) bond motifs is 3. The molecule has 0 aliphatic heterocycles. The van der Waals surface area contributed by atoms with Crippen molar-refractivity contribution in [1.82, 2.24) is 23.1 Å². The third-order valence-electron chi connectivity index (χ3n) is 4.91. The average Bonchev–Trinajstić information content (AvgIpc) is 3.05. The predicted molar refractivity (Wildman–Crippen MR) is 93.9 cm³/mol. The summed E-state index contributed by atoms with van der Waals surface area (Å²) in [6.07, 6.45) is 0.901. The minimum Gasteiger partial charge on any atom is -0.368 e. The van der Waals surface area contributed by atoms with Crippen molar-refractivity contribution in [2.24, 2.45) is 12.8 Å². The average molecular weight is 346 g/mol. The maximum absolute atomic E-state index is 12.9. The van der Waals surface area contributed by atoms with Crippen LogP contribution in [0.2, 0.25) is 0 Å². The van der Waals surface area contributed by atoms with Crippen LogP contribution in [0.1, 0.15) is 37.7 Å². The van der Waals surface area contributed by atoms with E-state index in [0.717, 1.165) is 22.4 Å². The number of aromatic nitrogens is 5. The van der Waals surface area contributed by atoms with Crippen molar-refractivity contribution in [3.63, 3.8) is 0 Å². The number of hydrogen-bond acceptors (Lipinski definition) is 4. The van der Waals surface area contributed by atoms with E-state index in [1.54, 1.807) is 4.40 Å². The summed E-state index contributed by atoms with van der Waals surface area (Å²) < 4.78 is 5.96. The van der Waals surface area contributed by atoms with Gasteiger partial charge in [0.15, 0.2) is 11.2 Å². The van der Waals surface area contributed by atoms with Crippen molar-refractivity contribution in [3.05, 3.63) is 32.2 Å². The zero-order valence-electron chi connectivity index (χ0n) is 15.0. The molecule has 0 saturated heterocycles. The van der Waals surface area contributed by atoms with E-state index in [1.807, 2.05) is 13.8 Å². The van der Waals surface area contributed by atoms with Crippen molar-refractivity contribution in [3.8, 4) is 0 Å². The van der Waals surface area contributed by atoms with E-state index < -0.39 is 23.7 Å². The minimum atomic E-state index is -0.746. The summed E-state index contributed by atoms with van der Waals surface area (Å²) in [5.41, 5.74) is 6.47. The number of amides is 1. The van der Waals surface area contributed by atoms with Gasteiger partial charge < -0.3 is 10.3 Å². The number of nitrogens with zero attached hydrogens (tertiary/aromatic N) is 5. The van der Waals surface area contributed by atoms with Crippen LogP contribution in [0.5, 0.6) is 0 Å². The van der Waals surface area contributed by atoms with Crippen LogP contribution in [0.4, 0.5) is 0 Å². The topological polar surface area (TPSA) is 109 Å². The Balaban J connectivity index is 2.55. The highest BCUT2D eigenvalue weighted by molar-refractivity contribution is 5.78. The quantitative estimate of drug-likeness (QED) is 0.729. The zero-order valence-corrected chi connectivity index (χ0v) is 15.0. The van der Waals surface area contributed by atoms with Crippen molar-refractivity contribution in [2.45, 2.75) is 46.7 Å². The first-order valence-electron chi connectivity index (χ1n) is 8.18. The van der Waals surface area contributed by atoms with Gasteiger partial charge in [-0.25, -0.2) is 9.36 Å². The molecule has 25 heavy (non-hydrogen) atoms. The standard InChI is InChI=1S/C16H22N6O3/c1-6-8(2)21-9(3)10(4)22-12-13(18-15(21)22)19(5)16(25)20(14(12)24)7-11(17)23/h8H,6-7H2,1-5H3,(H2,17,23)/t8-/m0/s1. The number of primary amides is 1. The molecule has 0 saturated carbocycles. The Labute approximate surface area is 143 Å². The van der Waals surface area contributed by atoms with E-state index in [9.17, 15) is 14.4 Å². The summed E-state index contributed by atoms with van der Waals surface area (Å²) in [5, 5.41) is 0. The lowest BCUT2D eigenvalue weighted by Crippen LogP contribution is -2.42. The monoisotopic (exact) mass is 346 g/mol. The van der Waals surface area contributed by atoms with Crippen LogP contribution in [0.15, 0.2) is 9.59 Å². The van der Waals surface area contributed by atoms with Crippen molar-refractivity contribution in [1.29, 1.82) is 0 Å². The van der Waals surface area contributed by atoms with Crippen LogP contribution >= 0.6 is 0 Å². The first kappa shape index (κ1) is 17.0. The number of rotatable bonds is 4. The first-order chi connectivity index (χ1) is 11.7. The van der Waals surface area contributed by atoms with Crippen molar-refractivity contribution in [2.75, 3.05) is 0 Å². The lowest BCUT2D eigenvalue weighted by Gasteiger charge is -2.13. The minimum absolute atomic E-state index is 0.192. The second-order valence-electron chi connectivity index (χ2n) is 6.42. The summed E-state index contributed by atoms with van der Waals surface area (Å²) in [7, 11) is 1.53. The number of nitrogens with two attached hydrogens (primary N) is 1. The molecule has 9 heteroatoms. The third kappa shape index (κ3) is 2.22. The molecule has 0 aliphatic rings. The fourth-order valence-electron chi connectivity index (χ4n) is 3.28. The second kappa shape index (κ2) is 5.61. The highest BCUT2D eigenvalue weighted by Gasteiger charge is 2.24. The van der Waals surface area contributed by atoms with E-state index in [0.29, 0.717) is 11.4 Å². The largest absolute Gasteiger partial charge is 0.368 e. The van der Waals surface area contributed by atoms with Gasteiger partial charge in [0.25, 0.3) is 5.56 Å². The second-order valence-corrected chi connectivity index (χ2v) is 6.42. The van der Waals surface area contributed by atoms with E-state index >= 15 is 0 Å². The molecular weight excluding hydrogens is 324 g/mol. The molecule has 0 bridgehead atoms. The molecule has 1 atom stereocenters. The molecule has 3 rings (SSSR count). The number of carbonyl (C=O) groups is 1. The van der Waals surface area contributed by atoms with E-state index in [1.165, 1.54) is 11.6 Å². The van der Waals surface area contributed by atoms with Gasteiger partial charge in [0, 0.05) is 24.5 Å². The molecule has 0 aromatic carbocycles. The molecule has 3 aromatic heterocycles. The van der Waals surface area contributed by atoms with E-state index in [2.05, 4.69) is 23.4 Å².